The lowest BCUT2D eigenvalue weighted by Crippen LogP contribution is -2.31. The van der Waals surface area contributed by atoms with E-state index >= 15 is 0 Å². The molecule has 144 valence electrons. The molecule has 2 rings (SSSR count). The lowest BCUT2D eigenvalue weighted by molar-refractivity contribution is -0.159. The Morgan fingerprint density at radius 1 is 1.24 bits per heavy atom. The summed E-state index contributed by atoms with van der Waals surface area (Å²) in [6.45, 7) is 5.99. The molecule has 0 unspecified atom stereocenters. The van der Waals surface area contributed by atoms with Gasteiger partial charge in [0.2, 0.25) is 0 Å². The van der Waals surface area contributed by atoms with Crippen LogP contribution in [0, 0.1) is 0 Å². The number of carboxylic acid groups (broad SMARTS) is 1. The minimum atomic E-state index is -1.17. The molecule has 0 bridgehead atoms. The van der Waals surface area contributed by atoms with Crippen molar-refractivity contribution >= 4 is 41.4 Å². The highest BCUT2D eigenvalue weighted by atomic mass is 32.2. The summed E-state index contributed by atoms with van der Waals surface area (Å²) in [6, 6.07) is -0.0851. The molecule has 2 fully saturated rings. The number of aliphatic carboxylic acids is 1. The van der Waals surface area contributed by atoms with Crippen LogP contribution < -0.4 is 5.32 Å². The van der Waals surface area contributed by atoms with Gasteiger partial charge in [-0.05, 0) is 45.1 Å². The Morgan fingerprint density at radius 3 is 2.32 bits per heavy atom. The fourth-order valence-electron chi connectivity index (χ4n) is 2.38. The number of carbonyl (C=O) groups excluding carboxylic acids is 2. The molecule has 0 aromatic rings. The van der Waals surface area contributed by atoms with Crippen LogP contribution in [0.3, 0.4) is 0 Å². The van der Waals surface area contributed by atoms with E-state index in [1.807, 2.05) is 23.5 Å². The summed E-state index contributed by atoms with van der Waals surface area (Å²) in [7, 11) is 1.45. The van der Waals surface area contributed by atoms with Crippen LogP contribution in [0.5, 0.6) is 0 Å². The van der Waals surface area contributed by atoms with Crippen molar-refractivity contribution in [2.45, 2.75) is 55.8 Å². The normalized spacial score (nSPS) is 21.8. The first-order chi connectivity index (χ1) is 11.6. The first kappa shape index (κ1) is 22.1. The average molecular weight is 394 g/mol. The first-order valence-electron chi connectivity index (χ1n) is 8.10. The summed E-state index contributed by atoms with van der Waals surface area (Å²) in [5, 5.41) is 11.4. The van der Waals surface area contributed by atoms with Gasteiger partial charge in [-0.2, -0.15) is 0 Å². The third-order valence-electron chi connectivity index (χ3n) is 3.35. The van der Waals surface area contributed by atoms with Gasteiger partial charge in [-0.1, -0.05) is 0 Å². The predicted octanol–water partition coefficient (Wildman–Crippen LogP) is 1.89. The van der Waals surface area contributed by atoms with Crippen LogP contribution in [0.1, 0.15) is 40.0 Å². The summed E-state index contributed by atoms with van der Waals surface area (Å²) in [5.41, 5.74) is -0.605. The summed E-state index contributed by atoms with van der Waals surface area (Å²) in [6.07, 6.45) is 1.63. The van der Waals surface area contributed by atoms with E-state index in [2.05, 4.69) is 5.32 Å². The van der Waals surface area contributed by atoms with Crippen molar-refractivity contribution in [3.8, 4) is 0 Å². The largest absolute Gasteiger partial charge is 0.481 e. The van der Waals surface area contributed by atoms with Gasteiger partial charge in [-0.15, -0.1) is 23.5 Å². The van der Waals surface area contributed by atoms with Gasteiger partial charge in [0.25, 0.3) is 0 Å². The van der Waals surface area contributed by atoms with E-state index in [9.17, 15) is 14.4 Å². The van der Waals surface area contributed by atoms with Gasteiger partial charge < -0.3 is 19.9 Å². The van der Waals surface area contributed by atoms with E-state index in [1.165, 1.54) is 25.0 Å². The van der Waals surface area contributed by atoms with Crippen LogP contribution in [-0.4, -0.2) is 63.9 Å². The van der Waals surface area contributed by atoms with E-state index in [0.717, 1.165) is 13.0 Å². The van der Waals surface area contributed by atoms with E-state index in [4.69, 9.17) is 14.6 Å². The summed E-state index contributed by atoms with van der Waals surface area (Å²) < 4.78 is 9.72. The Morgan fingerprint density at radius 2 is 1.84 bits per heavy atom. The number of carbonyl (C=O) groups is 3. The molecule has 0 amide bonds. The minimum absolute atomic E-state index is 0.0851. The number of hydrogen-bond donors (Lipinski definition) is 2. The Labute approximate surface area is 157 Å². The standard InChI is InChI=1S/C9H15NO2S2.C7H12O4/c1-12-8(11)7-5-9(6-10-7)13-3-2-4-14-9;1-7(2,3)11-6(10)4-5(8)9/h7,10H,2-6H2,1H3;4H2,1-3H3,(H,8,9)/t7-;/m0./s1. The fraction of sp³-hybridized carbons (Fsp3) is 0.812. The minimum Gasteiger partial charge on any atom is -0.481 e. The van der Waals surface area contributed by atoms with Crippen molar-refractivity contribution in [3.63, 3.8) is 0 Å². The Bertz CT molecular complexity index is 486. The van der Waals surface area contributed by atoms with Gasteiger partial charge in [-0.3, -0.25) is 14.4 Å². The molecule has 1 atom stereocenters. The predicted molar refractivity (Wildman–Crippen MR) is 98.8 cm³/mol. The number of nitrogens with one attached hydrogen (secondary N) is 1. The number of thioether (sulfide) groups is 2. The lowest BCUT2D eigenvalue weighted by Gasteiger charge is -2.31. The molecular formula is C16H27NO6S2. The summed E-state index contributed by atoms with van der Waals surface area (Å²) >= 11 is 3.99. The number of ether oxygens (including phenoxy) is 2. The second-order valence-corrected chi connectivity index (χ2v) is 9.99. The molecule has 7 nitrogen and oxygen atoms in total. The van der Waals surface area contributed by atoms with Crippen LogP contribution in [0.4, 0.5) is 0 Å². The highest BCUT2D eigenvalue weighted by molar-refractivity contribution is 8.18. The smallest absolute Gasteiger partial charge is 0.322 e. The van der Waals surface area contributed by atoms with Crippen molar-refractivity contribution in [1.82, 2.24) is 5.32 Å². The van der Waals surface area contributed by atoms with E-state index in [0.29, 0.717) is 0 Å². The first-order valence-corrected chi connectivity index (χ1v) is 10.1. The molecule has 1 spiro atoms. The third kappa shape index (κ3) is 8.33. The fourth-order valence-corrected chi connectivity index (χ4v) is 5.66. The second kappa shape index (κ2) is 9.68. The molecule has 0 aromatic heterocycles. The van der Waals surface area contributed by atoms with Crippen molar-refractivity contribution in [2.24, 2.45) is 0 Å². The van der Waals surface area contributed by atoms with Gasteiger partial charge in [0.15, 0.2) is 0 Å². The molecule has 0 aromatic carbocycles. The molecule has 2 N–H and O–H groups in total. The molecule has 2 saturated heterocycles. The van der Waals surface area contributed by atoms with Crippen LogP contribution in [-0.2, 0) is 23.9 Å². The van der Waals surface area contributed by atoms with Gasteiger partial charge in [0.1, 0.15) is 18.1 Å². The van der Waals surface area contributed by atoms with Crippen LogP contribution in [0.2, 0.25) is 0 Å². The molecule has 0 radical (unpaired) electrons. The summed E-state index contributed by atoms with van der Waals surface area (Å²) in [4.78, 5) is 32.0. The van der Waals surface area contributed by atoms with Crippen LogP contribution in [0.25, 0.3) is 0 Å². The Hall–Kier alpha value is -0.930. The van der Waals surface area contributed by atoms with Crippen molar-refractivity contribution in [1.29, 1.82) is 0 Å². The number of methoxy groups -OCH3 is 1. The molecular weight excluding hydrogens is 366 g/mol. The lowest BCUT2D eigenvalue weighted by atomic mass is 10.2. The molecule has 25 heavy (non-hydrogen) atoms. The number of esters is 2. The van der Waals surface area contributed by atoms with Crippen molar-refractivity contribution in [2.75, 3.05) is 25.2 Å². The summed E-state index contributed by atoms with van der Waals surface area (Å²) in [5.74, 6) is 0.461. The maximum Gasteiger partial charge on any atom is 0.322 e. The monoisotopic (exact) mass is 393 g/mol. The molecule has 0 aliphatic carbocycles. The SMILES string of the molecule is CC(C)(C)OC(=O)CC(=O)O.COC(=O)[C@@H]1CC2(CN1)SCCCS2. The quantitative estimate of drug-likeness (QED) is 0.549. The zero-order chi connectivity index (χ0) is 19.1. The van der Waals surface area contributed by atoms with Gasteiger partial charge >= 0.3 is 17.9 Å². The molecule has 9 heteroatoms. The van der Waals surface area contributed by atoms with E-state index in [-0.39, 0.29) is 16.1 Å². The van der Waals surface area contributed by atoms with Crippen molar-refractivity contribution in [3.05, 3.63) is 0 Å². The highest BCUT2D eigenvalue weighted by Gasteiger charge is 2.44. The van der Waals surface area contributed by atoms with Gasteiger partial charge in [0, 0.05) is 6.54 Å². The second-order valence-electron chi connectivity index (χ2n) is 6.78. The molecule has 2 aliphatic rings. The van der Waals surface area contributed by atoms with Crippen LogP contribution in [0.15, 0.2) is 0 Å². The number of carboxylic acids is 1. The maximum absolute atomic E-state index is 11.3. The Kier molecular flexibility index (Phi) is 8.56. The zero-order valence-electron chi connectivity index (χ0n) is 15.1. The average Bonchev–Trinajstić information content (AvgIpc) is 2.88. The third-order valence-corrected chi connectivity index (χ3v) is 6.72. The number of hydrogen-bond acceptors (Lipinski definition) is 8. The molecule has 0 saturated carbocycles. The topological polar surface area (TPSA) is 102 Å². The van der Waals surface area contributed by atoms with E-state index < -0.39 is 24.0 Å². The van der Waals surface area contributed by atoms with Crippen LogP contribution >= 0.6 is 23.5 Å². The number of rotatable bonds is 3. The van der Waals surface area contributed by atoms with Gasteiger partial charge in [-0.25, -0.2) is 0 Å². The Balaban J connectivity index is 0.000000260. The molecule has 2 heterocycles. The maximum atomic E-state index is 11.3. The molecule has 2 aliphatic heterocycles. The highest BCUT2D eigenvalue weighted by Crippen LogP contribution is 2.47. The zero-order valence-corrected chi connectivity index (χ0v) is 16.8. The van der Waals surface area contributed by atoms with Crippen molar-refractivity contribution < 1.29 is 29.0 Å². The van der Waals surface area contributed by atoms with Gasteiger partial charge in [0.05, 0.1) is 11.2 Å². The van der Waals surface area contributed by atoms with E-state index in [1.54, 1.807) is 20.8 Å².